The van der Waals surface area contributed by atoms with Crippen LogP contribution in [0.4, 0.5) is 0 Å². The molecule has 7 heteroatoms. The maximum absolute atomic E-state index is 5.63. The number of hydrogen-bond acceptors (Lipinski definition) is 5. The van der Waals surface area contributed by atoms with Gasteiger partial charge in [0.15, 0.2) is 5.96 Å². The van der Waals surface area contributed by atoms with Crippen LogP contribution in [-0.4, -0.2) is 80.8 Å². The molecule has 0 aromatic carbocycles. The summed E-state index contributed by atoms with van der Waals surface area (Å²) in [5, 5.41) is 9.54. The van der Waals surface area contributed by atoms with E-state index in [1.54, 1.807) is 0 Å². The third-order valence-corrected chi connectivity index (χ3v) is 8.26. The minimum absolute atomic E-state index is 0.266. The lowest BCUT2D eigenvalue weighted by Gasteiger charge is -2.48. The van der Waals surface area contributed by atoms with E-state index in [4.69, 9.17) is 4.74 Å². The van der Waals surface area contributed by atoms with Crippen molar-refractivity contribution in [3.8, 4) is 0 Å². The lowest BCUT2D eigenvalue weighted by Crippen LogP contribution is -2.60. The Kier molecular flexibility index (Phi) is 8.64. The summed E-state index contributed by atoms with van der Waals surface area (Å²) in [5.41, 5.74) is 0.266. The third-order valence-electron chi connectivity index (χ3n) is 7.40. The van der Waals surface area contributed by atoms with Crippen molar-refractivity contribution in [2.75, 3.05) is 59.5 Å². The lowest BCUT2D eigenvalue weighted by atomic mass is 9.80. The van der Waals surface area contributed by atoms with Gasteiger partial charge < -0.3 is 15.4 Å². The number of aliphatic imine (C=N–C) groups is 1. The standard InChI is InChI=1S/C24H41N5OS/c1-25-23(26-17-21-7-5-11-28(18-21)19-22-8-6-16-31-22)27-20-24(9-3-2-4-10-24)29-12-14-30-15-13-29/h6,8,16,21H,2-5,7,9-15,17-20H2,1H3,(H2,25,26,27). The summed E-state index contributed by atoms with van der Waals surface area (Å²) in [5.74, 6) is 1.66. The topological polar surface area (TPSA) is 52.1 Å². The van der Waals surface area contributed by atoms with Gasteiger partial charge in [-0.1, -0.05) is 25.3 Å². The van der Waals surface area contributed by atoms with Crippen LogP contribution in [0.15, 0.2) is 22.5 Å². The molecular formula is C24H41N5OS. The van der Waals surface area contributed by atoms with E-state index in [0.29, 0.717) is 5.92 Å². The molecule has 31 heavy (non-hydrogen) atoms. The van der Waals surface area contributed by atoms with Gasteiger partial charge >= 0.3 is 0 Å². The molecule has 1 atom stereocenters. The normalized spacial score (nSPS) is 26.0. The molecule has 0 spiro atoms. The Bertz CT molecular complexity index is 668. The van der Waals surface area contributed by atoms with Gasteiger partial charge in [-0.05, 0) is 49.6 Å². The highest BCUT2D eigenvalue weighted by Gasteiger charge is 2.38. The van der Waals surface area contributed by atoms with Gasteiger partial charge in [0.05, 0.1) is 13.2 Å². The van der Waals surface area contributed by atoms with Crippen LogP contribution in [0.25, 0.3) is 0 Å². The fourth-order valence-corrected chi connectivity index (χ4v) is 6.39. The van der Waals surface area contributed by atoms with Gasteiger partial charge in [0.2, 0.25) is 0 Å². The molecule has 3 heterocycles. The summed E-state index contributed by atoms with van der Waals surface area (Å²) in [7, 11) is 1.90. The number of nitrogens with one attached hydrogen (secondary N) is 2. The highest BCUT2D eigenvalue weighted by Crippen LogP contribution is 2.33. The molecule has 2 aliphatic heterocycles. The van der Waals surface area contributed by atoms with Crippen molar-refractivity contribution in [1.82, 2.24) is 20.4 Å². The second kappa shape index (κ2) is 11.6. The van der Waals surface area contributed by atoms with Crippen LogP contribution in [0, 0.1) is 5.92 Å². The van der Waals surface area contributed by atoms with Gasteiger partial charge in [-0.25, -0.2) is 0 Å². The molecule has 1 saturated carbocycles. The summed E-state index contributed by atoms with van der Waals surface area (Å²) < 4.78 is 5.63. The summed E-state index contributed by atoms with van der Waals surface area (Å²) in [6, 6.07) is 4.42. The molecular weight excluding hydrogens is 406 g/mol. The van der Waals surface area contributed by atoms with Gasteiger partial charge in [-0.3, -0.25) is 14.8 Å². The molecule has 6 nitrogen and oxygen atoms in total. The Morgan fingerprint density at radius 2 is 2.00 bits per heavy atom. The SMILES string of the molecule is CN=C(NCC1CCCN(Cc2cccs2)C1)NCC1(N2CCOCC2)CCCCC1. The Hall–Kier alpha value is -1.15. The first-order chi connectivity index (χ1) is 15.3. The van der Waals surface area contributed by atoms with Crippen LogP contribution in [0.2, 0.25) is 0 Å². The zero-order valence-corrected chi connectivity index (χ0v) is 20.1. The quantitative estimate of drug-likeness (QED) is 0.497. The van der Waals surface area contributed by atoms with Gasteiger partial charge in [0.1, 0.15) is 0 Å². The summed E-state index contributed by atoms with van der Waals surface area (Å²) >= 11 is 1.87. The molecule has 1 aliphatic carbocycles. The number of thiophene rings is 1. The fraction of sp³-hybridized carbons (Fsp3) is 0.792. The molecule has 3 aliphatic rings. The average molecular weight is 448 g/mol. The highest BCUT2D eigenvalue weighted by atomic mass is 32.1. The largest absolute Gasteiger partial charge is 0.379 e. The van der Waals surface area contributed by atoms with E-state index in [1.807, 2.05) is 18.4 Å². The van der Waals surface area contributed by atoms with E-state index in [0.717, 1.165) is 51.9 Å². The smallest absolute Gasteiger partial charge is 0.191 e. The van der Waals surface area contributed by atoms with Crippen LogP contribution in [-0.2, 0) is 11.3 Å². The summed E-state index contributed by atoms with van der Waals surface area (Å²) in [6.45, 7) is 9.38. The van der Waals surface area contributed by atoms with Crippen molar-refractivity contribution >= 4 is 17.3 Å². The second-order valence-corrected chi connectivity index (χ2v) is 10.5. The van der Waals surface area contributed by atoms with Gasteiger partial charge in [-0.2, -0.15) is 0 Å². The summed E-state index contributed by atoms with van der Waals surface area (Å²) in [4.78, 5) is 11.3. The number of piperidine rings is 1. The number of morpholine rings is 1. The maximum Gasteiger partial charge on any atom is 0.191 e. The van der Waals surface area contributed by atoms with E-state index in [-0.39, 0.29) is 5.54 Å². The number of rotatable bonds is 7. The van der Waals surface area contributed by atoms with Crippen LogP contribution < -0.4 is 10.6 Å². The van der Waals surface area contributed by atoms with Crippen LogP contribution in [0.1, 0.15) is 49.8 Å². The molecule has 4 rings (SSSR count). The van der Waals surface area contributed by atoms with E-state index >= 15 is 0 Å². The molecule has 0 bridgehead atoms. The maximum atomic E-state index is 5.63. The van der Waals surface area contributed by atoms with Gasteiger partial charge in [-0.15, -0.1) is 11.3 Å². The number of ether oxygens (including phenoxy) is 1. The number of likely N-dealkylation sites (tertiary alicyclic amines) is 1. The molecule has 1 aromatic heterocycles. The van der Waals surface area contributed by atoms with Crippen molar-refractivity contribution in [3.63, 3.8) is 0 Å². The Balaban J connectivity index is 1.25. The average Bonchev–Trinajstić information content (AvgIpc) is 3.34. The van der Waals surface area contributed by atoms with Crippen LogP contribution in [0.5, 0.6) is 0 Å². The molecule has 2 saturated heterocycles. The molecule has 0 radical (unpaired) electrons. The second-order valence-electron chi connectivity index (χ2n) is 9.51. The van der Waals surface area contributed by atoms with Gasteiger partial charge in [0.25, 0.3) is 0 Å². The van der Waals surface area contributed by atoms with E-state index in [9.17, 15) is 0 Å². The van der Waals surface area contributed by atoms with Crippen molar-refractivity contribution in [3.05, 3.63) is 22.4 Å². The van der Waals surface area contributed by atoms with Gasteiger partial charge in [0, 0.05) is 56.7 Å². The first-order valence-electron chi connectivity index (χ1n) is 12.3. The van der Waals surface area contributed by atoms with E-state index < -0.39 is 0 Å². The zero-order chi connectivity index (χ0) is 21.4. The molecule has 174 valence electrons. The Morgan fingerprint density at radius 3 is 2.74 bits per heavy atom. The number of nitrogens with zero attached hydrogens (tertiary/aromatic N) is 3. The Morgan fingerprint density at radius 1 is 1.16 bits per heavy atom. The van der Waals surface area contributed by atoms with Crippen molar-refractivity contribution in [1.29, 1.82) is 0 Å². The van der Waals surface area contributed by atoms with Crippen molar-refractivity contribution < 1.29 is 4.74 Å². The first kappa shape index (κ1) is 23.0. The first-order valence-corrected chi connectivity index (χ1v) is 13.2. The number of guanidine groups is 1. The van der Waals surface area contributed by atoms with Crippen molar-refractivity contribution in [2.45, 2.75) is 57.0 Å². The van der Waals surface area contributed by atoms with E-state index in [2.05, 4.69) is 42.9 Å². The highest BCUT2D eigenvalue weighted by molar-refractivity contribution is 7.09. The van der Waals surface area contributed by atoms with E-state index in [1.165, 1.54) is 62.9 Å². The predicted molar refractivity (Wildman–Crippen MR) is 130 cm³/mol. The minimum atomic E-state index is 0.266. The number of hydrogen-bond donors (Lipinski definition) is 2. The van der Waals surface area contributed by atoms with Crippen LogP contribution >= 0.6 is 11.3 Å². The zero-order valence-electron chi connectivity index (χ0n) is 19.3. The monoisotopic (exact) mass is 447 g/mol. The van der Waals surface area contributed by atoms with Crippen molar-refractivity contribution in [2.24, 2.45) is 10.9 Å². The lowest BCUT2D eigenvalue weighted by molar-refractivity contribution is -0.0352. The fourth-order valence-electron chi connectivity index (χ4n) is 5.65. The molecule has 2 N–H and O–H groups in total. The molecule has 1 aromatic rings. The molecule has 0 amide bonds. The van der Waals surface area contributed by atoms with Crippen LogP contribution in [0.3, 0.4) is 0 Å². The predicted octanol–water partition coefficient (Wildman–Crippen LogP) is 3.16. The molecule has 1 unspecified atom stereocenters. The summed E-state index contributed by atoms with van der Waals surface area (Å²) in [6.07, 6.45) is 9.24. The Labute approximate surface area is 192 Å². The minimum Gasteiger partial charge on any atom is -0.379 e. The third kappa shape index (κ3) is 6.44. The molecule has 3 fully saturated rings.